The van der Waals surface area contributed by atoms with Crippen molar-refractivity contribution in [3.63, 3.8) is 0 Å². The summed E-state index contributed by atoms with van der Waals surface area (Å²) in [5, 5.41) is 11.0. The summed E-state index contributed by atoms with van der Waals surface area (Å²) in [7, 11) is 1.77. The molecular formula is C15H28N6O. The SMILES string of the molecule is CN=C(NCCCn1nc2n(c1=O)CCCC2)NCC(C)C. The smallest absolute Gasteiger partial charge is 0.345 e. The highest BCUT2D eigenvalue weighted by Gasteiger charge is 2.16. The van der Waals surface area contributed by atoms with E-state index in [0.717, 1.165) is 57.1 Å². The normalized spacial score (nSPS) is 15.0. The van der Waals surface area contributed by atoms with Crippen LogP contribution in [0.1, 0.15) is 38.9 Å². The Labute approximate surface area is 131 Å². The minimum absolute atomic E-state index is 0.0389. The van der Waals surface area contributed by atoms with E-state index in [4.69, 9.17) is 0 Å². The fourth-order valence-electron chi connectivity index (χ4n) is 2.55. The third kappa shape index (κ3) is 4.35. The largest absolute Gasteiger partial charge is 0.356 e. The Morgan fingerprint density at radius 3 is 2.86 bits per heavy atom. The quantitative estimate of drug-likeness (QED) is 0.458. The molecule has 0 aliphatic carbocycles. The molecule has 0 fully saturated rings. The molecule has 0 saturated carbocycles. The molecular weight excluding hydrogens is 280 g/mol. The van der Waals surface area contributed by atoms with Crippen LogP contribution in [0.3, 0.4) is 0 Å². The van der Waals surface area contributed by atoms with Gasteiger partial charge in [0.05, 0.1) is 0 Å². The van der Waals surface area contributed by atoms with Gasteiger partial charge in [0.15, 0.2) is 5.96 Å². The summed E-state index contributed by atoms with van der Waals surface area (Å²) in [5.41, 5.74) is 0.0389. The number of aryl methyl sites for hydroxylation is 2. The van der Waals surface area contributed by atoms with Crippen molar-refractivity contribution in [3.8, 4) is 0 Å². The molecule has 0 atom stereocenters. The van der Waals surface area contributed by atoms with Gasteiger partial charge in [-0.1, -0.05) is 13.8 Å². The fraction of sp³-hybridized carbons (Fsp3) is 0.800. The van der Waals surface area contributed by atoms with Gasteiger partial charge in [0, 0.05) is 39.6 Å². The van der Waals surface area contributed by atoms with E-state index in [1.54, 1.807) is 11.7 Å². The fourth-order valence-corrected chi connectivity index (χ4v) is 2.55. The van der Waals surface area contributed by atoms with E-state index >= 15 is 0 Å². The molecule has 0 amide bonds. The third-order valence-electron chi connectivity index (χ3n) is 3.77. The predicted molar refractivity (Wildman–Crippen MR) is 88.2 cm³/mol. The molecule has 7 nitrogen and oxygen atoms in total. The minimum atomic E-state index is 0.0389. The molecule has 1 aromatic rings. The van der Waals surface area contributed by atoms with Gasteiger partial charge in [0.1, 0.15) is 5.82 Å². The number of aliphatic imine (C=N–C) groups is 1. The van der Waals surface area contributed by atoms with Gasteiger partial charge in [-0.3, -0.25) is 9.56 Å². The molecule has 1 aliphatic rings. The second-order valence-electron chi connectivity index (χ2n) is 6.16. The van der Waals surface area contributed by atoms with Gasteiger partial charge < -0.3 is 10.6 Å². The van der Waals surface area contributed by atoms with E-state index in [2.05, 4.69) is 34.6 Å². The van der Waals surface area contributed by atoms with E-state index < -0.39 is 0 Å². The molecule has 2 N–H and O–H groups in total. The molecule has 0 aromatic carbocycles. The molecule has 0 saturated heterocycles. The maximum absolute atomic E-state index is 12.2. The summed E-state index contributed by atoms with van der Waals surface area (Å²) in [5.74, 6) is 2.33. The average molecular weight is 308 g/mol. The number of hydrogen-bond donors (Lipinski definition) is 2. The number of fused-ring (bicyclic) bond motifs is 1. The zero-order valence-corrected chi connectivity index (χ0v) is 13.9. The molecule has 7 heteroatoms. The van der Waals surface area contributed by atoms with Crippen LogP contribution in [0.2, 0.25) is 0 Å². The van der Waals surface area contributed by atoms with Crippen molar-refractivity contribution in [2.45, 2.75) is 52.6 Å². The predicted octanol–water partition coefficient (Wildman–Crippen LogP) is 0.592. The lowest BCUT2D eigenvalue weighted by Gasteiger charge is -2.13. The van der Waals surface area contributed by atoms with E-state index in [1.165, 1.54) is 0 Å². The van der Waals surface area contributed by atoms with Gasteiger partial charge in [-0.2, -0.15) is 5.10 Å². The zero-order valence-electron chi connectivity index (χ0n) is 13.9. The van der Waals surface area contributed by atoms with Crippen LogP contribution in [0.15, 0.2) is 9.79 Å². The van der Waals surface area contributed by atoms with Crippen molar-refractivity contribution < 1.29 is 0 Å². The van der Waals surface area contributed by atoms with Gasteiger partial charge in [-0.25, -0.2) is 9.48 Å². The lowest BCUT2D eigenvalue weighted by atomic mass is 10.2. The summed E-state index contributed by atoms with van der Waals surface area (Å²) in [6, 6.07) is 0. The summed E-state index contributed by atoms with van der Waals surface area (Å²) < 4.78 is 3.42. The molecule has 0 bridgehead atoms. The molecule has 2 heterocycles. The standard InChI is InChI=1S/C15H28N6O/c1-12(2)11-18-14(16-3)17-8-6-10-21-15(22)20-9-5-4-7-13(20)19-21/h12H,4-11H2,1-3H3,(H2,16,17,18). The van der Waals surface area contributed by atoms with Crippen molar-refractivity contribution in [1.29, 1.82) is 0 Å². The number of guanidine groups is 1. The van der Waals surface area contributed by atoms with Crippen LogP contribution in [-0.4, -0.2) is 40.4 Å². The Bertz CT molecular complexity index is 557. The topological polar surface area (TPSA) is 76.2 Å². The second kappa shape index (κ2) is 8.00. The first-order valence-electron chi connectivity index (χ1n) is 8.23. The maximum atomic E-state index is 12.2. The highest BCUT2D eigenvalue weighted by atomic mass is 16.2. The molecule has 0 unspecified atom stereocenters. The zero-order chi connectivity index (χ0) is 15.9. The molecule has 0 spiro atoms. The number of nitrogens with one attached hydrogen (secondary N) is 2. The summed E-state index contributed by atoms with van der Waals surface area (Å²) >= 11 is 0. The van der Waals surface area contributed by atoms with Crippen LogP contribution in [0.25, 0.3) is 0 Å². The van der Waals surface area contributed by atoms with Crippen LogP contribution in [0.4, 0.5) is 0 Å². The Hall–Kier alpha value is -1.79. The van der Waals surface area contributed by atoms with E-state index in [0.29, 0.717) is 12.5 Å². The summed E-state index contributed by atoms with van der Waals surface area (Å²) in [4.78, 5) is 16.4. The molecule has 22 heavy (non-hydrogen) atoms. The van der Waals surface area contributed by atoms with Gasteiger partial charge in [0.25, 0.3) is 0 Å². The minimum Gasteiger partial charge on any atom is -0.356 e. The highest BCUT2D eigenvalue weighted by Crippen LogP contribution is 2.09. The summed E-state index contributed by atoms with van der Waals surface area (Å²) in [6.45, 7) is 7.45. The molecule has 0 radical (unpaired) electrons. The monoisotopic (exact) mass is 308 g/mol. The Morgan fingerprint density at radius 2 is 2.18 bits per heavy atom. The van der Waals surface area contributed by atoms with Crippen molar-refractivity contribution in [2.75, 3.05) is 20.1 Å². The van der Waals surface area contributed by atoms with Crippen LogP contribution < -0.4 is 16.3 Å². The van der Waals surface area contributed by atoms with Crippen LogP contribution in [0.5, 0.6) is 0 Å². The maximum Gasteiger partial charge on any atom is 0.345 e. The van der Waals surface area contributed by atoms with Crippen molar-refractivity contribution in [1.82, 2.24) is 25.0 Å². The van der Waals surface area contributed by atoms with Gasteiger partial charge in [-0.05, 0) is 25.2 Å². The first kappa shape index (κ1) is 16.6. The highest BCUT2D eigenvalue weighted by molar-refractivity contribution is 5.79. The Kier molecular flexibility index (Phi) is 6.03. The number of rotatable bonds is 6. The van der Waals surface area contributed by atoms with Crippen molar-refractivity contribution in [2.24, 2.45) is 10.9 Å². The lowest BCUT2D eigenvalue weighted by molar-refractivity contribution is 0.509. The van der Waals surface area contributed by atoms with Gasteiger partial charge in [-0.15, -0.1) is 0 Å². The molecule has 124 valence electrons. The number of aromatic nitrogens is 3. The molecule has 2 rings (SSSR count). The number of nitrogens with zero attached hydrogens (tertiary/aromatic N) is 4. The van der Waals surface area contributed by atoms with Gasteiger partial charge in [0.2, 0.25) is 0 Å². The van der Waals surface area contributed by atoms with Gasteiger partial charge >= 0.3 is 5.69 Å². The second-order valence-corrected chi connectivity index (χ2v) is 6.16. The van der Waals surface area contributed by atoms with E-state index in [9.17, 15) is 4.79 Å². The first-order chi connectivity index (χ1) is 10.6. The van der Waals surface area contributed by atoms with Crippen LogP contribution >= 0.6 is 0 Å². The van der Waals surface area contributed by atoms with E-state index in [-0.39, 0.29) is 5.69 Å². The summed E-state index contributed by atoms with van der Waals surface area (Å²) in [6.07, 6.45) is 3.98. The van der Waals surface area contributed by atoms with Crippen LogP contribution in [-0.2, 0) is 19.5 Å². The van der Waals surface area contributed by atoms with Crippen molar-refractivity contribution in [3.05, 3.63) is 16.3 Å². The van der Waals surface area contributed by atoms with Crippen LogP contribution in [0, 0.1) is 5.92 Å². The molecule has 1 aliphatic heterocycles. The van der Waals surface area contributed by atoms with E-state index in [1.807, 2.05) is 4.57 Å². The lowest BCUT2D eigenvalue weighted by Crippen LogP contribution is -2.39. The first-order valence-corrected chi connectivity index (χ1v) is 8.23. The number of hydrogen-bond acceptors (Lipinski definition) is 3. The Morgan fingerprint density at radius 1 is 1.36 bits per heavy atom. The third-order valence-corrected chi connectivity index (χ3v) is 3.77. The Balaban J connectivity index is 1.77. The average Bonchev–Trinajstić information content (AvgIpc) is 2.83. The molecule has 1 aromatic heterocycles. The van der Waals surface area contributed by atoms with Crippen molar-refractivity contribution >= 4 is 5.96 Å².